The van der Waals surface area contributed by atoms with Crippen LogP contribution in [0.25, 0.3) is 0 Å². The molecule has 0 saturated carbocycles. The molecule has 0 saturated heterocycles. The highest BCUT2D eigenvalue weighted by atomic mass is 32.2. The first-order chi connectivity index (χ1) is 17.1. The summed E-state index contributed by atoms with van der Waals surface area (Å²) in [6.45, 7) is 5.42. The number of methoxy groups -OCH3 is 2. The average Bonchev–Trinajstić information content (AvgIpc) is 2.87. The van der Waals surface area contributed by atoms with Gasteiger partial charge >= 0.3 is 0 Å². The van der Waals surface area contributed by atoms with Gasteiger partial charge in [-0.2, -0.15) is 0 Å². The van der Waals surface area contributed by atoms with Crippen molar-refractivity contribution in [2.24, 2.45) is 0 Å². The van der Waals surface area contributed by atoms with Crippen molar-refractivity contribution in [2.75, 3.05) is 25.1 Å². The molecule has 9 heteroatoms. The van der Waals surface area contributed by atoms with Crippen molar-refractivity contribution >= 4 is 21.6 Å². The first kappa shape index (κ1) is 25.4. The second-order valence-electron chi connectivity index (χ2n) is 8.77. The molecular formula is C27H30N2O6S. The summed E-state index contributed by atoms with van der Waals surface area (Å²) in [5, 5.41) is 2.94. The van der Waals surface area contributed by atoms with E-state index in [9.17, 15) is 13.2 Å². The Balaban J connectivity index is 1.65. The predicted molar refractivity (Wildman–Crippen MR) is 137 cm³/mol. The number of carbonyl (C=O) groups excluding carboxylic acids is 1. The number of anilines is 1. The Morgan fingerprint density at radius 3 is 2.36 bits per heavy atom. The van der Waals surface area contributed by atoms with Crippen molar-refractivity contribution < 1.29 is 27.4 Å². The SMILES string of the molecule is COc1ccc(OC)c([C@@H](C)NC(=O)[C@H]2CN(S(=O)(=O)c3ccc(C)cc3)c3ccc(C)cc3O2)c1. The number of ether oxygens (including phenoxy) is 3. The van der Waals surface area contributed by atoms with Crippen LogP contribution in [0.2, 0.25) is 0 Å². The van der Waals surface area contributed by atoms with Gasteiger partial charge in [0, 0.05) is 5.56 Å². The number of carbonyl (C=O) groups is 1. The molecule has 1 amide bonds. The Morgan fingerprint density at radius 2 is 1.69 bits per heavy atom. The number of nitrogens with zero attached hydrogens (tertiary/aromatic N) is 1. The first-order valence-electron chi connectivity index (χ1n) is 11.5. The smallest absolute Gasteiger partial charge is 0.264 e. The van der Waals surface area contributed by atoms with Gasteiger partial charge < -0.3 is 19.5 Å². The Hall–Kier alpha value is -3.72. The standard InChI is InChI=1S/C27H30N2O6S/c1-17-6-10-21(11-7-17)36(31,32)29-16-26(35-25-14-18(2)8-12-23(25)29)27(30)28-19(3)22-15-20(33-4)9-13-24(22)34-5/h6-15,19,26H,16H2,1-5H3,(H,28,30)/t19-,26-/m1/s1. The van der Waals surface area contributed by atoms with E-state index in [1.165, 1.54) is 4.31 Å². The lowest BCUT2D eigenvalue weighted by Gasteiger charge is -2.35. The van der Waals surface area contributed by atoms with E-state index in [-0.39, 0.29) is 11.4 Å². The minimum atomic E-state index is -3.93. The van der Waals surface area contributed by atoms with Gasteiger partial charge in [-0.15, -0.1) is 0 Å². The van der Waals surface area contributed by atoms with Gasteiger partial charge in [0.25, 0.3) is 15.9 Å². The van der Waals surface area contributed by atoms with E-state index < -0.39 is 28.1 Å². The summed E-state index contributed by atoms with van der Waals surface area (Å²) in [7, 11) is -0.820. The molecule has 0 bridgehead atoms. The van der Waals surface area contributed by atoms with Crippen LogP contribution in [0.4, 0.5) is 5.69 Å². The maximum absolute atomic E-state index is 13.6. The van der Waals surface area contributed by atoms with Crippen LogP contribution in [0.1, 0.15) is 29.7 Å². The molecule has 3 aromatic carbocycles. The van der Waals surface area contributed by atoms with Crippen molar-refractivity contribution in [3.05, 3.63) is 77.4 Å². The Labute approximate surface area is 211 Å². The zero-order valence-corrected chi connectivity index (χ0v) is 21.8. The average molecular weight is 511 g/mol. The lowest BCUT2D eigenvalue weighted by molar-refractivity contribution is -0.128. The molecule has 0 fully saturated rings. The van der Waals surface area contributed by atoms with E-state index in [2.05, 4.69) is 5.32 Å². The van der Waals surface area contributed by atoms with Gasteiger partial charge in [-0.3, -0.25) is 9.10 Å². The molecule has 0 radical (unpaired) electrons. The maximum Gasteiger partial charge on any atom is 0.264 e. The molecule has 36 heavy (non-hydrogen) atoms. The van der Waals surface area contributed by atoms with Crippen LogP contribution in [-0.4, -0.2) is 41.2 Å². The quantitative estimate of drug-likeness (QED) is 0.513. The first-order valence-corrected chi connectivity index (χ1v) is 13.0. The molecular weight excluding hydrogens is 480 g/mol. The number of sulfonamides is 1. The molecule has 0 spiro atoms. The monoisotopic (exact) mass is 510 g/mol. The van der Waals surface area contributed by atoms with Crippen molar-refractivity contribution in [2.45, 2.75) is 37.8 Å². The van der Waals surface area contributed by atoms with Crippen LogP contribution in [0.3, 0.4) is 0 Å². The predicted octanol–water partition coefficient (Wildman–Crippen LogP) is 4.15. The highest BCUT2D eigenvalue weighted by Crippen LogP contribution is 2.38. The van der Waals surface area contributed by atoms with E-state index in [0.717, 1.165) is 16.7 Å². The molecule has 1 aliphatic rings. The van der Waals surface area contributed by atoms with E-state index >= 15 is 0 Å². The minimum Gasteiger partial charge on any atom is -0.497 e. The van der Waals surface area contributed by atoms with Gasteiger partial charge in [0.05, 0.1) is 37.4 Å². The number of hydrogen-bond acceptors (Lipinski definition) is 6. The third-order valence-corrected chi connectivity index (χ3v) is 7.94. The molecule has 8 nitrogen and oxygen atoms in total. The number of hydrogen-bond donors (Lipinski definition) is 1. The van der Waals surface area contributed by atoms with Crippen LogP contribution in [0.5, 0.6) is 17.2 Å². The molecule has 0 aliphatic carbocycles. The Bertz CT molecular complexity index is 1370. The molecule has 2 atom stereocenters. The summed E-state index contributed by atoms with van der Waals surface area (Å²) >= 11 is 0. The molecule has 1 aliphatic heterocycles. The number of benzene rings is 3. The molecule has 1 heterocycles. The van der Waals surface area contributed by atoms with E-state index in [1.807, 2.05) is 26.8 Å². The lowest BCUT2D eigenvalue weighted by Crippen LogP contribution is -2.51. The second kappa shape index (κ2) is 10.1. The Morgan fingerprint density at radius 1 is 1.00 bits per heavy atom. The summed E-state index contributed by atoms with van der Waals surface area (Å²) in [5.74, 6) is 1.12. The zero-order valence-electron chi connectivity index (χ0n) is 20.9. The number of nitrogens with one attached hydrogen (secondary N) is 1. The molecule has 190 valence electrons. The fourth-order valence-electron chi connectivity index (χ4n) is 4.12. The van der Waals surface area contributed by atoms with Gasteiger partial charge in [-0.05, 0) is 68.8 Å². The van der Waals surface area contributed by atoms with Gasteiger partial charge in [-0.1, -0.05) is 23.8 Å². The molecule has 0 aromatic heterocycles. The van der Waals surface area contributed by atoms with Crippen LogP contribution >= 0.6 is 0 Å². The fraction of sp³-hybridized carbons (Fsp3) is 0.296. The maximum atomic E-state index is 13.6. The number of aryl methyl sites for hydroxylation is 2. The topological polar surface area (TPSA) is 94.2 Å². The van der Waals surface area contributed by atoms with Gasteiger partial charge in [-0.25, -0.2) is 8.42 Å². The van der Waals surface area contributed by atoms with Crippen molar-refractivity contribution in [1.29, 1.82) is 0 Å². The lowest BCUT2D eigenvalue weighted by atomic mass is 10.1. The van der Waals surface area contributed by atoms with Crippen molar-refractivity contribution in [3.63, 3.8) is 0 Å². The Kier molecular flexibility index (Phi) is 7.12. The number of rotatable bonds is 7. The highest BCUT2D eigenvalue weighted by molar-refractivity contribution is 7.92. The molecule has 4 rings (SSSR count). The van der Waals surface area contributed by atoms with Crippen molar-refractivity contribution in [1.82, 2.24) is 5.32 Å². The van der Waals surface area contributed by atoms with Crippen LogP contribution in [0, 0.1) is 13.8 Å². The van der Waals surface area contributed by atoms with Crippen LogP contribution < -0.4 is 23.8 Å². The summed E-state index contributed by atoms with van der Waals surface area (Å²) in [6.07, 6.45) is -1.06. The zero-order chi connectivity index (χ0) is 26.0. The summed E-state index contributed by atoms with van der Waals surface area (Å²) in [4.78, 5) is 13.5. The summed E-state index contributed by atoms with van der Waals surface area (Å²) in [5.41, 5.74) is 2.96. The van der Waals surface area contributed by atoms with E-state index in [4.69, 9.17) is 14.2 Å². The third-order valence-electron chi connectivity index (χ3n) is 6.15. The highest BCUT2D eigenvalue weighted by Gasteiger charge is 2.38. The number of fused-ring (bicyclic) bond motifs is 1. The van der Waals surface area contributed by atoms with Gasteiger partial charge in [0.1, 0.15) is 17.2 Å². The fourth-order valence-corrected chi connectivity index (χ4v) is 5.60. The van der Waals surface area contributed by atoms with E-state index in [1.54, 1.807) is 68.8 Å². The summed E-state index contributed by atoms with van der Waals surface area (Å²) in [6, 6.07) is 16.8. The second-order valence-corrected chi connectivity index (χ2v) is 10.6. The normalized spacial score (nSPS) is 15.9. The third kappa shape index (κ3) is 4.97. The molecule has 0 unspecified atom stereocenters. The molecule has 1 N–H and O–H groups in total. The minimum absolute atomic E-state index is 0.148. The summed E-state index contributed by atoms with van der Waals surface area (Å²) < 4.78 is 45.3. The van der Waals surface area contributed by atoms with Gasteiger partial charge in [0.2, 0.25) is 0 Å². The van der Waals surface area contributed by atoms with E-state index in [0.29, 0.717) is 22.9 Å². The molecule has 3 aromatic rings. The largest absolute Gasteiger partial charge is 0.497 e. The van der Waals surface area contributed by atoms with Gasteiger partial charge in [0.15, 0.2) is 6.10 Å². The van der Waals surface area contributed by atoms with Crippen LogP contribution in [-0.2, 0) is 14.8 Å². The van der Waals surface area contributed by atoms with Crippen molar-refractivity contribution in [3.8, 4) is 17.2 Å². The van der Waals surface area contributed by atoms with Crippen LogP contribution in [0.15, 0.2) is 65.6 Å². The number of amides is 1.